The highest BCUT2D eigenvalue weighted by Gasteiger charge is 2.33. The summed E-state index contributed by atoms with van der Waals surface area (Å²) in [6.45, 7) is 4.83. The molecule has 1 aromatic carbocycles. The smallest absolute Gasteiger partial charge is 0.126 e. The summed E-state index contributed by atoms with van der Waals surface area (Å²) in [4.78, 5) is 13.2. The number of nitrogens with one attached hydrogen (secondary N) is 1. The summed E-state index contributed by atoms with van der Waals surface area (Å²) < 4.78 is 5.78. The van der Waals surface area contributed by atoms with Gasteiger partial charge < -0.3 is 14.6 Å². The van der Waals surface area contributed by atoms with Crippen LogP contribution in [0.3, 0.4) is 0 Å². The SMILES string of the molecule is CN1CCC(N2CCOC[C@H]2c2ncc(-c3cccc(Cl)c3)[nH]2)CC1. The summed E-state index contributed by atoms with van der Waals surface area (Å²) >= 11 is 6.12. The van der Waals surface area contributed by atoms with E-state index in [0.29, 0.717) is 12.6 Å². The van der Waals surface area contributed by atoms with Gasteiger partial charge >= 0.3 is 0 Å². The molecule has 2 aromatic rings. The number of piperidine rings is 1. The Hall–Kier alpha value is -1.40. The fourth-order valence-electron chi connectivity index (χ4n) is 3.92. The number of benzene rings is 1. The summed E-state index contributed by atoms with van der Waals surface area (Å²) in [6, 6.07) is 8.69. The maximum atomic E-state index is 6.12. The van der Waals surface area contributed by atoms with Gasteiger partial charge in [-0.2, -0.15) is 0 Å². The Balaban J connectivity index is 1.55. The van der Waals surface area contributed by atoms with E-state index in [0.717, 1.165) is 35.3 Å². The van der Waals surface area contributed by atoms with E-state index in [9.17, 15) is 0 Å². The third-order valence-electron chi connectivity index (χ3n) is 5.37. The molecular formula is C19H25ClN4O. The number of hydrogen-bond acceptors (Lipinski definition) is 4. The van der Waals surface area contributed by atoms with Crippen molar-refractivity contribution in [1.82, 2.24) is 19.8 Å². The number of aromatic amines is 1. The first-order chi connectivity index (χ1) is 12.2. The first-order valence-corrected chi connectivity index (χ1v) is 9.41. The molecule has 0 aliphatic carbocycles. The molecule has 0 amide bonds. The van der Waals surface area contributed by atoms with Crippen molar-refractivity contribution in [1.29, 1.82) is 0 Å². The van der Waals surface area contributed by atoms with Gasteiger partial charge in [-0.15, -0.1) is 0 Å². The predicted octanol–water partition coefficient (Wildman–Crippen LogP) is 3.20. The van der Waals surface area contributed by atoms with Crippen molar-refractivity contribution in [3.8, 4) is 11.3 Å². The molecule has 5 nitrogen and oxygen atoms in total. The van der Waals surface area contributed by atoms with E-state index >= 15 is 0 Å². The second-order valence-corrected chi connectivity index (χ2v) is 7.49. The van der Waals surface area contributed by atoms with E-state index in [1.165, 1.54) is 25.9 Å². The van der Waals surface area contributed by atoms with Gasteiger partial charge in [0.15, 0.2) is 0 Å². The monoisotopic (exact) mass is 360 g/mol. The second kappa shape index (κ2) is 7.46. The third-order valence-corrected chi connectivity index (χ3v) is 5.61. The van der Waals surface area contributed by atoms with Crippen LogP contribution in [0, 0.1) is 0 Å². The van der Waals surface area contributed by atoms with Crippen molar-refractivity contribution in [2.75, 3.05) is 39.9 Å². The molecule has 0 spiro atoms. The maximum absolute atomic E-state index is 6.12. The molecule has 2 aliphatic rings. The van der Waals surface area contributed by atoms with Crippen molar-refractivity contribution >= 4 is 11.6 Å². The number of rotatable bonds is 3. The lowest BCUT2D eigenvalue weighted by molar-refractivity contribution is -0.0441. The quantitative estimate of drug-likeness (QED) is 0.913. The zero-order valence-electron chi connectivity index (χ0n) is 14.6. The van der Waals surface area contributed by atoms with Gasteiger partial charge in [0.1, 0.15) is 5.82 Å². The van der Waals surface area contributed by atoms with Crippen LogP contribution in [-0.2, 0) is 4.74 Å². The molecule has 0 radical (unpaired) electrons. The van der Waals surface area contributed by atoms with Crippen LogP contribution < -0.4 is 0 Å². The largest absolute Gasteiger partial charge is 0.378 e. The number of imidazole rings is 1. The normalized spacial score (nSPS) is 23.8. The molecule has 1 aromatic heterocycles. The van der Waals surface area contributed by atoms with E-state index in [-0.39, 0.29) is 6.04 Å². The van der Waals surface area contributed by atoms with Gasteiger partial charge in [-0.1, -0.05) is 23.7 Å². The minimum absolute atomic E-state index is 0.204. The lowest BCUT2D eigenvalue weighted by Crippen LogP contribution is -2.50. The minimum Gasteiger partial charge on any atom is -0.378 e. The summed E-state index contributed by atoms with van der Waals surface area (Å²) in [5.41, 5.74) is 2.07. The highest BCUT2D eigenvalue weighted by molar-refractivity contribution is 6.30. The zero-order valence-corrected chi connectivity index (χ0v) is 15.4. The Labute approximate surface area is 153 Å². The first kappa shape index (κ1) is 17.0. The lowest BCUT2D eigenvalue weighted by atomic mass is 10.0. The Morgan fingerprint density at radius 1 is 1.24 bits per heavy atom. The van der Waals surface area contributed by atoms with Gasteiger partial charge in [0.25, 0.3) is 0 Å². The van der Waals surface area contributed by atoms with Gasteiger partial charge in [-0.05, 0) is 45.1 Å². The zero-order chi connectivity index (χ0) is 17.2. The van der Waals surface area contributed by atoms with E-state index in [4.69, 9.17) is 16.3 Å². The molecule has 2 saturated heterocycles. The van der Waals surface area contributed by atoms with Crippen LogP contribution in [-0.4, -0.2) is 65.7 Å². The molecule has 1 atom stereocenters. The first-order valence-electron chi connectivity index (χ1n) is 9.03. The number of ether oxygens (including phenoxy) is 1. The third kappa shape index (κ3) is 3.75. The molecule has 1 N–H and O–H groups in total. The molecule has 0 bridgehead atoms. The van der Waals surface area contributed by atoms with Crippen molar-refractivity contribution in [2.24, 2.45) is 0 Å². The number of aromatic nitrogens is 2. The van der Waals surface area contributed by atoms with E-state index < -0.39 is 0 Å². The van der Waals surface area contributed by atoms with Crippen LogP contribution in [0.15, 0.2) is 30.5 Å². The number of morpholine rings is 1. The summed E-state index contributed by atoms with van der Waals surface area (Å²) in [7, 11) is 2.21. The number of nitrogens with zero attached hydrogens (tertiary/aromatic N) is 3. The maximum Gasteiger partial charge on any atom is 0.126 e. The standard InChI is InChI=1S/C19H25ClN4O/c1-23-7-5-16(6-8-23)24-9-10-25-13-18(24)19-21-12-17(22-19)14-3-2-4-15(20)11-14/h2-4,11-12,16,18H,5-10,13H2,1H3,(H,21,22)/t18-/m0/s1. The number of likely N-dealkylation sites (tertiary alicyclic amines) is 1. The fourth-order valence-corrected chi connectivity index (χ4v) is 4.12. The second-order valence-electron chi connectivity index (χ2n) is 7.06. The molecule has 2 fully saturated rings. The van der Waals surface area contributed by atoms with Gasteiger partial charge in [0, 0.05) is 23.2 Å². The molecule has 134 valence electrons. The molecule has 4 rings (SSSR count). The molecule has 25 heavy (non-hydrogen) atoms. The highest BCUT2D eigenvalue weighted by atomic mass is 35.5. The van der Waals surface area contributed by atoms with Crippen molar-refractivity contribution in [3.63, 3.8) is 0 Å². The molecule has 0 unspecified atom stereocenters. The van der Waals surface area contributed by atoms with Crippen molar-refractivity contribution < 1.29 is 4.74 Å². The van der Waals surface area contributed by atoms with Crippen molar-refractivity contribution in [2.45, 2.75) is 24.9 Å². The van der Waals surface area contributed by atoms with E-state index in [2.05, 4.69) is 32.9 Å². The van der Waals surface area contributed by atoms with E-state index in [1.807, 2.05) is 24.4 Å². The number of halogens is 1. The predicted molar refractivity (Wildman–Crippen MR) is 99.8 cm³/mol. The number of hydrogen-bond donors (Lipinski definition) is 1. The Morgan fingerprint density at radius 3 is 2.88 bits per heavy atom. The average molecular weight is 361 g/mol. The highest BCUT2D eigenvalue weighted by Crippen LogP contribution is 2.30. The lowest BCUT2D eigenvalue weighted by Gasteiger charge is -2.43. The fraction of sp³-hybridized carbons (Fsp3) is 0.526. The Morgan fingerprint density at radius 2 is 2.08 bits per heavy atom. The Kier molecular flexibility index (Phi) is 5.08. The summed E-state index contributed by atoms with van der Waals surface area (Å²) in [5.74, 6) is 0.994. The van der Waals surface area contributed by atoms with Gasteiger partial charge in [-0.25, -0.2) is 4.98 Å². The molecular weight excluding hydrogens is 336 g/mol. The van der Waals surface area contributed by atoms with Crippen LogP contribution in [0.4, 0.5) is 0 Å². The molecule has 2 aliphatic heterocycles. The Bertz CT molecular complexity index is 711. The van der Waals surface area contributed by atoms with Crippen LogP contribution >= 0.6 is 11.6 Å². The molecule has 0 saturated carbocycles. The average Bonchev–Trinajstić information content (AvgIpc) is 3.12. The van der Waals surface area contributed by atoms with Gasteiger partial charge in [-0.3, -0.25) is 4.90 Å². The van der Waals surface area contributed by atoms with Gasteiger partial charge in [0.05, 0.1) is 31.1 Å². The van der Waals surface area contributed by atoms with Crippen LogP contribution in [0.2, 0.25) is 5.02 Å². The molecule has 6 heteroatoms. The summed E-state index contributed by atoms with van der Waals surface area (Å²) in [5, 5.41) is 0.739. The number of H-pyrrole nitrogens is 1. The molecule has 3 heterocycles. The topological polar surface area (TPSA) is 44.4 Å². The van der Waals surface area contributed by atoms with Crippen LogP contribution in [0.1, 0.15) is 24.7 Å². The summed E-state index contributed by atoms with van der Waals surface area (Å²) in [6.07, 6.45) is 4.34. The van der Waals surface area contributed by atoms with Crippen molar-refractivity contribution in [3.05, 3.63) is 41.3 Å². The minimum atomic E-state index is 0.204. The van der Waals surface area contributed by atoms with Crippen LogP contribution in [0.25, 0.3) is 11.3 Å². The van der Waals surface area contributed by atoms with Gasteiger partial charge in [0.2, 0.25) is 0 Å². The van der Waals surface area contributed by atoms with Crippen LogP contribution in [0.5, 0.6) is 0 Å². The van der Waals surface area contributed by atoms with E-state index in [1.54, 1.807) is 0 Å².